The summed E-state index contributed by atoms with van der Waals surface area (Å²) in [6, 6.07) is 0. The Kier molecular flexibility index (Phi) is 38.0. The monoisotopic (exact) mass is 790 g/mol. The molecule has 4 heteroatoms. The van der Waals surface area contributed by atoms with Gasteiger partial charge in [-0.15, -0.1) is 0 Å². The summed E-state index contributed by atoms with van der Waals surface area (Å²) in [6.07, 6.45) is 51.5. The Bertz CT molecular complexity index is 861. The van der Waals surface area contributed by atoms with Gasteiger partial charge in [-0.2, -0.15) is 0 Å². The van der Waals surface area contributed by atoms with E-state index in [1.165, 1.54) is 254 Å². The van der Waals surface area contributed by atoms with Gasteiger partial charge in [0.25, 0.3) is 0 Å². The second kappa shape index (κ2) is 38.5. The van der Waals surface area contributed by atoms with Crippen LogP contribution in [0.1, 0.15) is 213 Å². The first kappa shape index (κ1) is 55.3. The zero-order valence-electron chi connectivity index (χ0n) is 40.7. The molecule has 0 aromatic carbocycles. The lowest BCUT2D eigenvalue weighted by atomic mass is 10.1. The number of hydrogen-bond donors (Lipinski definition) is 0. The van der Waals surface area contributed by atoms with Crippen molar-refractivity contribution in [2.24, 2.45) is 0 Å². The van der Waals surface area contributed by atoms with Gasteiger partial charge in [0.15, 0.2) is 0 Å². The van der Waals surface area contributed by atoms with Gasteiger partial charge in [0.1, 0.15) is 13.1 Å². The molecule has 0 N–H and O–H groups in total. The van der Waals surface area contributed by atoms with Crippen molar-refractivity contribution in [1.29, 1.82) is 0 Å². The molecular formula is C52H109N4+3. The third-order valence-electron chi connectivity index (χ3n) is 12.9. The van der Waals surface area contributed by atoms with Crippen molar-refractivity contribution in [3.8, 4) is 0 Å². The van der Waals surface area contributed by atoms with Crippen LogP contribution in [-0.2, 0) is 0 Å². The predicted octanol–water partition coefficient (Wildman–Crippen LogP) is 14.4. The summed E-state index contributed by atoms with van der Waals surface area (Å²) in [5.41, 5.74) is 0. The van der Waals surface area contributed by atoms with Crippen molar-refractivity contribution in [2.75, 3.05) is 101 Å². The van der Waals surface area contributed by atoms with E-state index in [1.54, 1.807) is 0 Å². The summed E-state index contributed by atoms with van der Waals surface area (Å²) in [5.74, 6) is 0. The molecule has 2 atom stereocenters. The zero-order chi connectivity index (χ0) is 41.5. The predicted molar refractivity (Wildman–Crippen MR) is 256 cm³/mol. The van der Waals surface area contributed by atoms with Crippen molar-refractivity contribution in [3.63, 3.8) is 0 Å². The Morgan fingerprint density at radius 3 is 0.964 bits per heavy atom. The normalized spacial score (nSPS) is 14.8. The highest BCUT2D eigenvalue weighted by Gasteiger charge is 2.29. The SMILES string of the molecule is CCCCCCCCC=CCCCCCCCC[N+](C)(CCC[N+](C)(C)C)CC[N+](C)(CCCCCCCC/C=C\CCCCCCCC)CCCN(C)CC. The molecule has 0 aliphatic rings. The van der Waals surface area contributed by atoms with Crippen molar-refractivity contribution in [3.05, 3.63) is 24.3 Å². The van der Waals surface area contributed by atoms with Crippen LogP contribution in [-0.4, -0.2) is 120 Å². The lowest BCUT2D eigenvalue weighted by molar-refractivity contribution is -0.965. The highest BCUT2D eigenvalue weighted by Crippen LogP contribution is 2.18. The van der Waals surface area contributed by atoms with E-state index < -0.39 is 0 Å². The van der Waals surface area contributed by atoms with E-state index in [9.17, 15) is 0 Å². The Morgan fingerprint density at radius 2 is 0.625 bits per heavy atom. The van der Waals surface area contributed by atoms with Crippen molar-refractivity contribution in [2.45, 2.75) is 213 Å². The van der Waals surface area contributed by atoms with Crippen LogP contribution in [0.2, 0.25) is 0 Å². The average Bonchev–Trinajstić information content (AvgIpc) is 3.16. The Balaban J connectivity index is 4.70. The van der Waals surface area contributed by atoms with E-state index in [1.807, 2.05) is 0 Å². The van der Waals surface area contributed by atoms with E-state index in [0.29, 0.717) is 0 Å². The smallest absolute Gasteiger partial charge is 0.128 e. The van der Waals surface area contributed by atoms with E-state index in [2.05, 4.69) is 92.3 Å². The summed E-state index contributed by atoms with van der Waals surface area (Å²) in [4.78, 5) is 2.51. The molecule has 56 heavy (non-hydrogen) atoms. The van der Waals surface area contributed by atoms with Crippen LogP contribution in [0, 0.1) is 0 Å². The number of rotatable bonds is 44. The number of likely N-dealkylation sites (N-methyl/N-ethyl adjacent to an activating group) is 2. The molecule has 4 nitrogen and oxygen atoms in total. The van der Waals surface area contributed by atoms with Gasteiger partial charge in [0.2, 0.25) is 0 Å². The van der Waals surface area contributed by atoms with Crippen LogP contribution < -0.4 is 0 Å². The van der Waals surface area contributed by atoms with E-state index in [0.717, 1.165) is 11.0 Å². The van der Waals surface area contributed by atoms with Crippen molar-refractivity contribution < 1.29 is 13.4 Å². The molecule has 0 radical (unpaired) electrons. The molecule has 334 valence electrons. The van der Waals surface area contributed by atoms with E-state index in [4.69, 9.17) is 0 Å². The van der Waals surface area contributed by atoms with Gasteiger partial charge in [-0.3, -0.25) is 0 Å². The third kappa shape index (κ3) is 38.8. The van der Waals surface area contributed by atoms with Crippen LogP contribution in [0.15, 0.2) is 24.3 Å². The summed E-state index contributed by atoms with van der Waals surface area (Å²) in [6.45, 7) is 18.7. The standard InChI is InChI=1S/C52H109N4/c1-10-13-15-17-19-21-23-25-27-29-31-33-35-37-39-41-47-55(8,49-43-45-53(4)12-3)51-52-56(9,50-44-46-54(5,6)7)48-42-40-38-36-34-32-30-28-26-24-22-20-18-16-14-11-2/h25-28H,10-24,29-52H2,1-9H3/q+3/b27-25-,28-26?. The molecule has 0 spiro atoms. The van der Waals surface area contributed by atoms with Gasteiger partial charge in [-0.1, -0.05) is 148 Å². The van der Waals surface area contributed by atoms with Crippen LogP contribution in [0.3, 0.4) is 0 Å². The number of hydrogen-bond acceptors (Lipinski definition) is 1. The summed E-state index contributed by atoms with van der Waals surface area (Å²) >= 11 is 0. The van der Waals surface area contributed by atoms with Gasteiger partial charge in [-0.25, -0.2) is 0 Å². The van der Waals surface area contributed by atoms with Crippen LogP contribution in [0.25, 0.3) is 0 Å². The second-order valence-corrected chi connectivity index (χ2v) is 20.1. The molecule has 0 amide bonds. The molecule has 0 aromatic rings. The summed E-state index contributed by atoms with van der Waals surface area (Å²) in [5, 5.41) is 0. The fourth-order valence-corrected chi connectivity index (χ4v) is 8.44. The summed E-state index contributed by atoms with van der Waals surface area (Å²) in [7, 11) is 14.6. The maximum absolute atomic E-state index is 2.62. The minimum absolute atomic E-state index is 1.09. The molecule has 0 aliphatic heterocycles. The lowest BCUT2D eigenvalue weighted by Crippen LogP contribution is -2.56. The molecule has 0 saturated heterocycles. The Hall–Kier alpha value is -0.680. The van der Waals surface area contributed by atoms with Crippen LogP contribution >= 0.6 is 0 Å². The topological polar surface area (TPSA) is 3.24 Å². The third-order valence-corrected chi connectivity index (χ3v) is 12.9. The van der Waals surface area contributed by atoms with Gasteiger partial charge in [0.05, 0.1) is 68.0 Å². The molecule has 0 bridgehead atoms. The highest BCUT2D eigenvalue weighted by molar-refractivity contribution is 4.82. The molecule has 0 aliphatic carbocycles. The van der Waals surface area contributed by atoms with Gasteiger partial charge in [-0.05, 0) is 90.6 Å². The van der Waals surface area contributed by atoms with Gasteiger partial charge >= 0.3 is 0 Å². The molecule has 0 aromatic heterocycles. The summed E-state index contributed by atoms with van der Waals surface area (Å²) < 4.78 is 3.64. The zero-order valence-corrected chi connectivity index (χ0v) is 40.7. The van der Waals surface area contributed by atoms with Crippen LogP contribution in [0.5, 0.6) is 0 Å². The number of allylic oxidation sites excluding steroid dienone is 4. The molecule has 0 rings (SSSR count). The van der Waals surface area contributed by atoms with Crippen molar-refractivity contribution in [1.82, 2.24) is 4.90 Å². The molecule has 0 fully saturated rings. The number of nitrogens with zero attached hydrogens (tertiary/aromatic N) is 4. The second-order valence-electron chi connectivity index (χ2n) is 20.1. The van der Waals surface area contributed by atoms with Gasteiger partial charge < -0.3 is 18.3 Å². The fourth-order valence-electron chi connectivity index (χ4n) is 8.44. The largest absolute Gasteiger partial charge is 0.331 e. The van der Waals surface area contributed by atoms with E-state index in [-0.39, 0.29) is 0 Å². The molecule has 0 heterocycles. The molecular weight excluding hydrogens is 681 g/mol. The van der Waals surface area contributed by atoms with Crippen molar-refractivity contribution >= 4 is 0 Å². The first-order valence-electron chi connectivity index (χ1n) is 25.5. The van der Waals surface area contributed by atoms with Crippen LogP contribution in [0.4, 0.5) is 0 Å². The quantitative estimate of drug-likeness (QED) is 0.0338. The Labute approximate surface area is 356 Å². The first-order chi connectivity index (χ1) is 27.0. The number of unbranched alkanes of at least 4 members (excludes halogenated alkanes) is 24. The molecule has 2 unspecified atom stereocenters. The fraction of sp³-hybridized carbons (Fsp3) is 0.923. The lowest BCUT2D eigenvalue weighted by Gasteiger charge is -2.41. The maximum Gasteiger partial charge on any atom is 0.128 e. The van der Waals surface area contributed by atoms with E-state index >= 15 is 0 Å². The minimum Gasteiger partial charge on any atom is -0.331 e. The maximum atomic E-state index is 2.62. The minimum atomic E-state index is 1.09. The average molecular weight is 790 g/mol. The Morgan fingerprint density at radius 1 is 0.321 bits per heavy atom. The highest BCUT2D eigenvalue weighted by atomic mass is 15.4. The number of quaternary nitrogens is 3. The first-order valence-corrected chi connectivity index (χ1v) is 25.5. The molecule has 0 saturated carbocycles. The van der Waals surface area contributed by atoms with Gasteiger partial charge in [0, 0.05) is 19.4 Å².